The number of benzene rings is 1. The van der Waals surface area contributed by atoms with Gasteiger partial charge in [-0.15, -0.1) is 0 Å². The molecule has 1 aromatic heterocycles. The molecule has 0 aliphatic carbocycles. The average molecular weight is 343 g/mol. The van der Waals surface area contributed by atoms with E-state index in [0.717, 1.165) is 11.8 Å². The number of aromatic nitrogens is 2. The first-order valence-corrected chi connectivity index (χ1v) is 6.62. The van der Waals surface area contributed by atoms with Crippen LogP contribution >= 0.6 is 15.9 Å². The van der Waals surface area contributed by atoms with Crippen molar-refractivity contribution >= 4 is 27.3 Å². The molecule has 20 heavy (non-hydrogen) atoms. The first kappa shape index (κ1) is 14.4. The second-order valence-corrected chi connectivity index (χ2v) is 5.02. The molecule has 8 heteroatoms. The zero-order valence-electron chi connectivity index (χ0n) is 10.6. The maximum absolute atomic E-state index is 13.3. The zero-order chi connectivity index (χ0) is 14.7. The highest BCUT2D eigenvalue weighted by Crippen LogP contribution is 2.30. The molecular weight excluding hydrogens is 331 g/mol. The molecule has 0 saturated carbocycles. The number of nitrogens with one attached hydrogen (secondary N) is 1. The van der Waals surface area contributed by atoms with Gasteiger partial charge in [-0.3, -0.25) is 14.8 Å². The summed E-state index contributed by atoms with van der Waals surface area (Å²) in [6, 6.07) is 4.14. The molecule has 106 valence electrons. The molecule has 0 radical (unpaired) electrons. The lowest BCUT2D eigenvalue weighted by atomic mass is 10.2. The van der Waals surface area contributed by atoms with Gasteiger partial charge in [-0.2, -0.15) is 5.10 Å². The maximum atomic E-state index is 13.3. The van der Waals surface area contributed by atoms with Crippen LogP contribution in [0.1, 0.15) is 5.69 Å². The summed E-state index contributed by atoms with van der Waals surface area (Å²) in [6.07, 6.45) is 2.34. The third-order valence-electron chi connectivity index (χ3n) is 2.85. The molecule has 0 aliphatic heterocycles. The Labute approximate surface area is 122 Å². The van der Waals surface area contributed by atoms with E-state index < -0.39 is 10.7 Å². The monoisotopic (exact) mass is 342 g/mol. The minimum absolute atomic E-state index is 0.186. The van der Waals surface area contributed by atoms with Gasteiger partial charge in [-0.25, -0.2) is 4.39 Å². The van der Waals surface area contributed by atoms with Crippen molar-refractivity contribution in [1.29, 1.82) is 0 Å². The van der Waals surface area contributed by atoms with Crippen LogP contribution in [0.4, 0.5) is 15.8 Å². The molecular formula is C12H12BrFN4O2. The van der Waals surface area contributed by atoms with Crippen molar-refractivity contribution in [2.24, 2.45) is 7.05 Å². The number of rotatable bonds is 5. The number of anilines is 1. The molecule has 0 aliphatic rings. The molecule has 1 N–H and O–H groups in total. The molecule has 0 atom stereocenters. The lowest BCUT2D eigenvalue weighted by molar-refractivity contribution is -0.384. The highest BCUT2D eigenvalue weighted by molar-refractivity contribution is 9.10. The lowest BCUT2D eigenvalue weighted by Gasteiger charge is -2.08. The first-order valence-electron chi connectivity index (χ1n) is 5.83. The van der Waals surface area contributed by atoms with Crippen LogP contribution in [0.25, 0.3) is 0 Å². The van der Waals surface area contributed by atoms with Crippen molar-refractivity contribution in [3.8, 4) is 0 Å². The Kier molecular flexibility index (Phi) is 4.33. The van der Waals surface area contributed by atoms with Gasteiger partial charge in [0.1, 0.15) is 11.5 Å². The van der Waals surface area contributed by atoms with Crippen LogP contribution in [-0.2, 0) is 13.5 Å². The SMILES string of the molecule is Cn1nccc1CCNc1cc(Br)c(F)cc1[N+](=O)[O-]. The molecule has 0 amide bonds. The van der Waals surface area contributed by atoms with Crippen molar-refractivity contribution in [1.82, 2.24) is 9.78 Å². The molecule has 0 unspecified atom stereocenters. The largest absolute Gasteiger partial charge is 0.379 e. The molecule has 0 spiro atoms. The minimum Gasteiger partial charge on any atom is -0.379 e. The van der Waals surface area contributed by atoms with Crippen molar-refractivity contribution in [3.63, 3.8) is 0 Å². The van der Waals surface area contributed by atoms with Gasteiger partial charge < -0.3 is 5.32 Å². The zero-order valence-corrected chi connectivity index (χ0v) is 12.2. The molecule has 1 heterocycles. The van der Waals surface area contributed by atoms with Gasteiger partial charge in [-0.1, -0.05) is 0 Å². The standard InChI is InChI=1S/C12H12BrFN4O2/c1-17-8(3-5-16-17)2-4-15-11-6-9(13)10(14)7-12(11)18(19)20/h3,5-7,15H,2,4H2,1H3. The van der Waals surface area contributed by atoms with E-state index >= 15 is 0 Å². The topological polar surface area (TPSA) is 73.0 Å². The first-order chi connectivity index (χ1) is 9.49. The summed E-state index contributed by atoms with van der Waals surface area (Å²) < 4.78 is 15.2. The predicted octanol–water partition coefficient (Wildman–Crippen LogP) is 2.88. The van der Waals surface area contributed by atoms with Crippen LogP contribution in [0.5, 0.6) is 0 Å². The fraction of sp³-hybridized carbons (Fsp3) is 0.250. The summed E-state index contributed by atoms with van der Waals surface area (Å²) in [7, 11) is 1.83. The second kappa shape index (κ2) is 6.00. The molecule has 0 saturated heterocycles. The van der Waals surface area contributed by atoms with E-state index in [1.165, 1.54) is 6.07 Å². The number of nitrogens with zero attached hydrogens (tertiary/aromatic N) is 3. The quantitative estimate of drug-likeness (QED) is 0.669. The van der Waals surface area contributed by atoms with Crippen LogP contribution in [0.15, 0.2) is 28.9 Å². The molecule has 0 fully saturated rings. The van der Waals surface area contributed by atoms with Crippen molar-refractivity contribution in [2.75, 3.05) is 11.9 Å². The van der Waals surface area contributed by atoms with E-state index in [9.17, 15) is 14.5 Å². The van der Waals surface area contributed by atoms with Gasteiger partial charge in [0.2, 0.25) is 0 Å². The molecule has 2 rings (SSSR count). The van der Waals surface area contributed by atoms with E-state index in [0.29, 0.717) is 13.0 Å². The van der Waals surface area contributed by atoms with E-state index in [1.54, 1.807) is 10.9 Å². The number of halogens is 2. The fourth-order valence-electron chi connectivity index (χ4n) is 1.80. The number of aryl methyl sites for hydroxylation is 1. The van der Waals surface area contributed by atoms with Crippen LogP contribution in [0.2, 0.25) is 0 Å². The Morgan fingerprint density at radius 3 is 2.90 bits per heavy atom. The highest BCUT2D eigenvalue weighted by atomic mass is 79.9. The Hall–Kier alpha value is -1.96. The second-order valence-electron chi connectivity index (χ2n) is 4.16. The molecule has 0 bridgehead atoms. The Bertz CT molecular complexity index is 644. The summed E-state index contributed by atoms with van der Waals surface area (Å²) in [5.41, 5.74) is 1.00. The van der Waals surface area contributed by atoms with Crippen molar-refractivity contribution < 1.29 is 9.31 Å². The van der Waals surface area contributed by atoms with Gasteiger partial charge in [0.05, 0.1) is 15.5 Å². The lowest BCUT2D eigenvalue weighted by Crippen LogP contribution is -2.09. The molecule has 6 nitrogen and oxygen atoms in total. The van der Waals surface area contributed by atoms with Gasteiger partial charge in [0, 0.05) is 31.9 Å². The highest BCUT2D eigenvalue weighted by Gasteiger charge is 2.17. The fourth-order valence-corrected chi connectivity index (χ4v) is 2.14. The van der Waals surface area contributed by atoms with Crippen LogP contribution < -0.4 is 5.32 Å². The summed E-state index contributed by atoms with van der Waals surface area (Å²) in [4.78, 5) is 10.3. The van der Waals surface area contributed by atoms with Crippen molar-refractivity contribution in [3.05, 3.63) is 50.5 Å². The van der Waals surface area contributed by atoms with Crippen molar-refractivity contribution in [2.45, 2.75) is 6.42 Å². The molecule has 2 aromatic rings. The number of hydrogen-bond acceptors (Lipinski definition) is 4. The Balaban J connectivity index is 2.11. The van der Waals surface area contributed by atoms with E-state index in [2.05, 4.69) is 26.3 Å². The Morgan fingerprint density at radius 2 is 2.30 bits per heavy atom. The smallest absolute Gasteiger partial charge is 0.295 e. The van der Waals surface area contributed by atoms with Crippen LogP contribution in [-0.4, -0.2) is 21.2 Å². The normalized spacial score (nSPS) is 10.6. The van der Waals surface area contributed by atoms with Crippen LogP contribution in [0.3, 0.4) is 0 Å². The van der Waals surface area contributed by atoms with Gasteiger partial charge >= 0.3 is 0 Å². The third kappa shape index (κ3) is 3.13. The number of nitro benzene ring substituents is 1. The maximum Gasteiger partial charge on any atom is 0.295 e. The van der Waals surface area contributed by atoms with Gasteiger partial charge in [0.25, 0.3) is 5.69 Å². The van der Waals surface area contributed by atoms with Gasteiger partial charge in [0.15, 0.2) is 0 Å². The molecule has 1 aromatic carbocycles. The van der Waals surface area contributed by atoms with E-state index in [-0.39, 0.29) is 15.8 Å². The number of hydrogen-bond donors (Lipinski definition) is 1. The average Bonchev–Trinajstić information content (AvgIpc) is 2.79. The minimum atomic E-state index is -0.658. The summed E-state index contributed by atoms with van der Waals surface area (Å²) in [5, 5.41) is 17.9. The third-order valence-corrected chi connectivity index (χ3v) is 3.46. The van der Waals surface area contributed by atoms with Gasteiger partial charge in [-0.05, 0) is 28.1 Å². The van der Waals surface area contributed by atoms with Crippen LogP contribution in [0, 0.1) is 15.9 Å². The number of nitro groups is 1. The predicted molar refractivity (Wildman–Crippen MR) is 76.2 cm³/mol. The summed E-state index contributed by atoms with van der Waals surface area (Å²) >= 11 is 3.02. The Morgan fingerprint density at radius 1 is 1.55 bits per heavy atom. The van der Waals surface area contributed by atoms with E-state index in [1.807, 2.05) is 13.1 Å². The van der Waals surface area contributed by atoms with E-state index in [4.69, 9.17) is 0 Å². The summed E-state index contributed by atoms with van der Waals surface area (Å²) in [5.74, 6) is -0.658. The summed E-state index contributed by atoms with van der Waals surface area (Å²) in [6.45, 7) is 0.485.